The molecule has 5 nitrogen and oxygen atoms in total. The standard InChI is InChI=1S/C16H26N2O3/c1-12-5-6-14(9-13(12)2)18-15(20)10-17-16(3,7-8-19)11-21-4/h5-6,9,17,19H,7-8,10-11H2,1-4H3,(H,18,20). The molecule has 0 saturated heterocycles. The molecular weight excluding hydrogens is 268 g/mol. The van der Waals surface area contributed by atoms with E-state index >= 15 is 0 Å². The fourth-order valence-electron chi connectivity index (χ4n) is 2.09. The van der Waals surface area contributed by atoms with Gasteiger partial charge >= 0.3 is 0 Å². The van der Waals surface area contributed by atoms with E-state index in [2.05, 4.69) is 10.6 Å². The van der Waals surface area contributed by atoms with Crippen molar-refractivity contribution in [2.24, 2.45) is 0 Å². The second-order valence-electron chi connectivity index (χ2n) is 5.67. The molecule has 0 heterocycles. The van der Waals surface area contributed by atoms with E-state index < -0.39 is 5.54 Å². The van der Waals surface area contributed by atoms with Crippen molar-refractivity contribution in [2.45, 2.75) is 32.7 Å². The molecule has 1 atom stereocenters. The number of aliphatic hydroxyl groups is 1. The van der Waals surface area contributed by atoms with Crippen LogP contribution in [0.2, 0.25) is 0 Å². The summed E-state index contributed by atoms with van der Waals surface area (Å²) in [6.07, 6.45) is 0.526. The molecule has 118 valence electrons. The number of carbonyl (C=O) groups is 1. The largest absolute Gasteiger partial charge is 0.396 e. The Bertz CT molecular complexity index is 469. The van der Waals surface area contributed by atoms with Crippen LogP contribution < -0.4 is 10.6 Å². The minimum atomic E-state index is -0.413. The highest BCUT2D eigenvalue weighted by atomic mass is 16.5. The molecule has 1 amide bonds. The highest BCUT2D eigenvalue weighted by Crippen LogP contribution is 2.14. The zero-order chi connectivity index (χ0) is 15.9. The molecule has 0 spiro atoms. The predicted octanol–water partition coefficient (Wildman–Crippen LogP) is 1.62. The van der Waals surface area contributed by atoms with Crippen LogP contribution in [0.15, 0.2) is 18.2 Å². The summed E-state index contributed by atoms with van der Waals surface area (Å²) in [6.45, 7) is 6.63. The monoisotopic (exact) mass is 294 g/mol. The number of hydrogen-bond donors (Lipinski definition) is 3. The molecule has 0 aliphatic carbocycles. The fraction of sp³-hybridized carbons (Fsp3) is 0.562. The van der Waals surface area contributed by atoms with Crippen molar-refractivity contribution in [3.63, 3.8) is 0 Å². The normalized spacial score (nSPS) is 13.8. The molecule has 0 aliphatic heterocycles. The van der Waals surface area contributed by atoms with E-state index in [1.807, 2.05) is 39.0 Å². The quantitative estimate of drug-likeness (QED) is 0.681. The van der Waals surface area contributed by atoms with E-state index in [-0.39, 0.29) is 19.1 Å². The molecule has 1 aromatic carbocycles. The molecule has 1 aromatic rings. The number of benzene rings is 1. The van der Waals surface area contributed by atoms with Crippen LogP contribution in [0, 0.1) is 13.8 Å². The van der Waals surface area contributed by atoms with Crippen molar-refractivity contribution < 1.29 is 14.6 Å². The Morgan fingerprint density at radius 2 is 2.05 bits per heavy atom. The van der Waals surface area contributed by atoms with E-state index in [0.29, 0.717) is 13.0 Å². The highest BCUT2D eigenvalue weighted by Gasteiger charge is 2.23. The smallest absolute Gasteiger partial charge is 0.238 e. The van der Waals surface area contributed by atoms with Crippen molar-refractivity contribution in [3.8, 4) is 0 Å². The van der Waals surface area contributed by atoms with E-state index in [9.17, 15) is 4.79 Å². The van der Waals surface area contributed by atoms with Crippen LogP contribution in [-0.2, 0) is 9.53 Å². The Labute approximate surface area is 126 Å². The Balaban J connectivity index is 2.54. The predicted molar refractivity (Wildman–Crippen MR) is 84.5 cm³/mol. The van der Waals surface area contributed by atoms with Crippen molar-refractivity contribution in [1.29, 1.82) is 0 Å². The lowest BCUT2D eigenvalue weighted by Gasteiger charge is -2.29. The Hall–Kier alpha value is -1.43. The minimum Gasteiger partial charge on any atom is -0.396 e. The highest BCUT2D eigenvalue weighted by molar-refractivity contribution is 5.92. The summed E-state index contributed by atoms with van der Waals surface area (Å²) < 4.78 is 5.13. The number of amides is 1. The maximum absolute atomic E-state index is 12.0. The molecule has 0 aliphatic rings. The third kappa shape index (κ3) is 5.83. The number of hydrogen-bond acceptors (Lipinski definition) is 4. The molecule has 1 unspecified atom stereocenters. The van der Waals surface area contributed by atoms with Gasteiger partial charge in [-0.3, -0.25) is 4.79 Å². The summed E-state index contributed by atoms with van der Waals surface area (Å²) in [6, 6.07) is 5.83. The first kappa shape index (κ1) is 17.6. The molecule has 0 aromatic heterocycles. The van der Waals surface area contributed by atoms with Gasteiger partial charge in [0.2, 0.25) is 5.91 Å². The van der Waals surface area contributed by atoms with Crippen LogP contribution in [0.4, 0.5) is 5.69 Å². The van der Waals surface area contributed by atoms with Gasteiger partial charge in [0.25, 0.3) is 0 Å². The number of nitrogens with one attached hydrogen (secondary N) is 2. The molecule has 0 saturated carbocycles. The Kier molecular flexibility index (Phi) is 6.81. The summed E-state index contributed by atoms with van der Waals surface area (Å²) in [4.78, 5) is 12.0. The third-order valence-electron chi connectivity index (χ3n) is 3.59. The van der Waals surface area contributed by atoms with Gasteiger partial charge in [-0.05, 0) is 50.5 Å². The summed E-state index contributed by atoms with van der Waals surface area (Å²) in [5, 5.41) is 15.1. The molecule has 0 fully saturated rings. The number of anilines is 1. The van der Waals surface area contributed by atoms with Gasteiger partial charge in [0.05, 0.1) is 13.2 Å². The first-order chi connectivity index (χ1) is 9.90. The summed E-state index contributed by atoms with van der Waals surface area (Å²) in [5.74, 6) is -0.112. The van der Waals surface area contributed by atoms with Gasteiger partial charge < -0.3 is 20.5 Å². The van der Waals surface area contributed by atoms with E-state index in [0.717, 1.165) is 11.3 Å². The number of carbonyl (C=O) groups excluding carboxylic acids is 1. The average molecular weight is 294 g/mol. The van der Waals surface area contributed by atoms with E-state index in [1.165, 1.54) is 5.56 Å². The second-order valence-corrected chi connectivity index (χ2v) is 5.67. The molecule has 21 heavy (non-hydrogen) atoms. The van der Waals surface area contributed by atoms with Gasteiger partial charge in [-0.2, -0.15) is 0 Å². The van der Waals surface area contributed by atoms with Crippen molar-refractivity contribution in [3.05, 3.63) is 29.3 Å². The summed E-state index contributed by atoms with van der Waals surface area (Å²) in [5.41, 5.74) is 2.72. The lowest BCUT2D eigenvalue weighted by Crippen LogP contribution is -2.49. The van der Waals surface area contributed by atoms with Crippen LogP contribution in [-0.4, -0.2) is 43.4 Å². The number of rotatable bonds is 8. The number of ether oxygens (including phenoxy) is 1. The Morgan fingerprint density at radius 1 is 1.33 bits per heavy atom. The van der Waals surface area contributed by atoms with Gasteiger partial charge in [0.1, 0.15) is 0 Å². The number of methoxy groups -OCH3 is 1. The maximum Gasteiger partial charge on any atom is 0.238 e. The van der Waals surface area contributed by atoms with Crippen LogP contribution in [0.1, 0.15) is 24.5 Å². The van der Waals surface area contributed by atoms with Gasteiger partial charge in [0.15, 0.2) is 0 Å². The topological polar surface area (TPSA) is 70.6 Å². The van der Waals surface area contributed by atoms with Crippen molar-refractivity contribution >= 4 is 11.6 Å². The SMILES string of the molecule is COCC(C)(CCO)NCC(=O)Nc1ccc(C)c(C)c1. The van der Waals surface area contributed by atoms with Crippen molar-refractivity contribution in [1.82, 2.24) is 5.32 Å². The lowest BCUT2D eigenvalue weighted by molar-refractivity contribution is -0.115. The molecule has 1 rings (SSSR count). The van der Waals surface area contributed by atoms with E-state index in [4.69, 9.17) is 9.84 Å². The average Bonchev–Trinajstić information content (AvgIpc) is 2.41. The zero-order valence-corrected chi connectivity index (χ0v) is 13.3. The molecule has 0 bridgehead atoms. The maximum atomic E-state index is 12.0. The van der Waals surface area contributed by atoms with Gasteiger partial charge in [-0.25, -0.2) is 0 Å². The molecule has 3 N–H and O–H groups in total. The van der Waals surface area contributed by atoms with Gasteiger partial charge in [-0.1, -0.05) is 6.07 Å². The van der Waals surface area contributed by atoms with E-state index in [1.54, 1.807) is 7.11 Å². The second kappa shape index (κ2) is 8.12. The van der Waals surface area contributed by atoms with Gasteiger partial charge in [0, 0.05) is 24.9 Å². The first-order valence-corrected chi connectivity index (χ1v) is 7.12. The molecule has 5 heteroatoms. The molecular formula is C16H26N2O3. The zero-order valence-electron chi connectivity index (χ0n) is 13.3. The van der Waals surface area contributed by atoms with Crippen LogP contribution in [0.5, 0.6) is 0 Å². The fourth-order valence-corrected chi connectivity index (χ4v) is 2.09. The van der Waals surface area contributed by atoms with Gasteiger partial charge in [-0.15, -0.1) is 0 Å². The minimum absolute atomic E-state index is 0.0473. The molecule has 0 radical (unpaired) electrons. The van der Waals surface area contributed by atoms with Crippen LogP contribution in [0.3, 0.4) is 0 Å². The van der Waals surface area contributed by atoms with Crippen LogP contribution >= 0.6 is 0 Å². The number of aryl methyl sites for hydroxylation is 2. The van der Waals surface area contributed by atoms with Crippen LogP contribution in [0.25, 0.3) is 0 Å². The number of aliphatic hydroxyl groups excluding tert-OH is 1. The first-order valence-electron chi connectivity index (χ1n) is 7.12. The lowest BCUT2D eigenvalue weighted by atomic mass is 9.99. The van der Waals surface area contributed by atoms with Crippen molar-refractivity contribution in [2.75, 3.05) is 32.2 Å². The Morgan fingerprint density at radius 3 is 2.62 bits per heavy atom. The third-order valence-corrected chi connectivity index (χ3v) is 3.59. The summed E-state index contributed by atoms with van der Waals surface area (Å²) in [7, 11) is 1.60. The summed E-state index contributed by atoms with van der Waals surface area (Å²) >= 11 is 0.